The van der Waals surface area contributed by atoms with E-state index >= 15 is 0 Å². The van der Waals surface area contributed by atoms with Crippen molar-refractivity contribution in [3.8, 4) is 0 Å². The van der Waals surface area contributed by atoms with Crippen LogP contribution in [0.4, 0.5) is 0 Å². The summed E-state index contributed by atoms with van der Waals surface area (Å²) in [7, 11) is 2.11. The molecule has 4 nitrogen and oxygen atoms in total. The van der Waals surface area contributed by atoms with Gasteiger partial charge in [-0.2, -0.15) is 0 Å². The molecule has 0 aromatic heterocycles. The molecule has 2 aliphatic heterocycles. The average Bonchev–Trinajstić information content (AvgIpc) is 2.57. The monoisotopic (exact) mass is 197 g/mol. The molecular weight excluding hydrogens is 178 g/mol. The Kier molecular flexibility index (Phi) is 2.74. The lowest BCUT2D eigenvalue weighted by atomic mass is 10.0. The molecule has 0 spiro atoms. The van der Waals surface area contributed by atoms with E-state index in [0.29, 0.717) is 6.04 Å². The fourth-order valence-corrected chi connectivity index (χ4v) is 2.46. The third-order valence-electron chi connectivity index (χ3n) is 3.32. The standard InChI is InChI=1S/C10H19N3O/c1-12-6-4-8(7-12)13-5-2-3-9(11)10(13)14/h8-9H,2-7,11H2,1H3. The zero-order chi connectivity index (χ0) is 10.1. The Morgan fingerprint density at radius 2 is 2.14 bits per heavy atom. The van der Waals surface area contributed by atoms with Gasteiger partial charge in [0.2, 0.25) is 5.91 Å². The number of piperidine rings is 1. The van der Waals surface area contributed by atoms with E-state index in [-0.39, 0.29) is 11.9 Å². The van der Waals surface area contributed by atoms with Crippen LogP contribution in [0.15, 0.2) is 0 Å². The highest BCUT2D eigenvalue weighted by molar-refractivity contribution is 5.82. The highest BCUT2D eigenvalue weighted by atomic mass is 16.2. The summed E-state index contributed by atoms with van der Waals surface area (Å²) in [6.45, 7) is 3.02. The maximum absolute atomic E-state index is 11.8. The van der Waals surface area contributed by atoms with E-state index in [2.05, 4.69) is 11.9 Å². The van der Waals surface area contributed by atoms with Crippen molar-refractivity contribution >= 4 is 5.91 Å². The number of nitrogens with two attached hydrogens (primary N) is 1. The van der Waals surface area contributed by atoms with E-state index in [1.807, 2.05) is 4.90 Å². The molecule has 2 rings (SSSR count). The molecule has 2 aliphatic rings. The fraction of sp³-hybridized carbons (Fsp3) is 0.900. The number of carbonyl (C=O) groups excluding carboxylic acids is 1. The van der Waals surface area contributed by atoms with Crippen LogP contribution in [0.1, 0.15) is 19.3 Å². The van der Waals surface area contributed by atoms with Crippen LogP contribution in [0, 0.1) is 0 Å². The van der Waals surface area contributed by atoms with Crippen molar-refractivity contribution in [2.45, 2.75) is 31.3 Å². The Hall–Kier alpha value is -0.610. The lowest BCUT2D eigenvalue weighted by Crippen LogP contribution is -2.53. The lowest BCUT2D eigenvalue weighted by Gasteiger charge is -2.35. The Labute approximate surface area is 85.0 Å². The van der Waals surface area contributed by atoms with E-state index in [9.17, 15) is 4.79 Å². The first-order valence-electron chi connectivity index (χ1n) is 5.43. The molecule has 4 heteroatoms. The quantitative estimate of drug-likeness (QED) is 0.624. The van der Waals surface area contributed by atoms with Gasteiger partial charge in [-0.05, 0) is 32.9 Å². The smallest absolute Gasteiger partial charge is 0.239 e. The molecular formula is C10H19N3O. The molecule has 0 aliphatic carbocycles. The molecule has 1 amide bonds. The van der Waals surface area contributed by atoms with Crippen LogP contribution >= 0.6 is 0 Å². The van der Waals surface area contributed by atoms with Gasteiger partial charge in [0.05, 0.1) is 6.04 Å². The van der Waals surface area contributed by atoms with Crippen LogP contribution in [0.3, 0.4) is 0 Å². The van der Waals surface area contributed by atoms with Gasteiger partial charge in [-0.15, -0.1) is 0 Å². The summed E-state index contributed by atoms with van der Waals surface area (Å²) in [5.74, 6) is 0.163. The Balaban J connectivity index is 1.99. The molecule has 0 radical (unpaired) electrons. The van der Waals surface area contributed by atoms with Crippen molar-refractivity contribution in [3.05, 3.63) is 0 Å². The average molecular weight is 197 g/mol. The predicted molar refractivity (Wildman–Crippen MR) is 54.8 cm³/mol. The lowest BCUT2D eigenvalue weighted by molar-refractivity contribution is -0.137. The Bertz CT molecular complexity index is 231. The van der Waals surface area contributed by atoms with Gasteiger partial charge in [0.15, 0.2) is 0 Å². The number of amides is 1. The van der Waals surface area contributed by atoms with E-state index < -0.39 is 0 Å². The molecule has 80 valence electrons. The highest BCUT2D eigenvalue weighted by Gasteiger charge is 2.33. The van der Waals surface area contributed by atoms with Crippen LogP contribution in [0.5, 0.6) is 0 Å². The molecule has 0 bridgehead atoms. The molecule has 0 saturated carbocycles. The molecule has 2 saturated heterocycles. The third kappa shape index (κ3) is 1.77. The van der Waals surface area contributed by atoms with E-state index in [0.717, 1.165) is 38.9 Å². The SMILES string of the molecule is CN1CCC(N2CCCC(N)C2=O)C1. The van der Waals surface area contributed by atoms with Crippen molar-refractivity contribution in [3.63, 3.8) is 0 Å². The van der Waals surface area contributed by atoms with Crippen molar-refractivity contribution in [1.29, 1.82) is 0 Å². The number of hydrogen-bond donors (Lipinski definition) is 1. The first-order chi connectivity index (χ1) is 6.68. The van der Waals surface area contributed by atoms with Crippen LogP contribution in [-0.4, -0.2) is 54.5 Å². The van der Waals surface area contributed by atoms with Gasteiger partial charge in [0.25, 0.3) is 0 Å². The van der Waals surface area contributed by atoms with Crippen molar-refractivity contribution in [1.82, 2.24) is 9.80 Å². The summed E-state index contributed by atoms with van der Waals surface area (Å²) in [6, 6.07) is 0.175. The Morgan fingerprint density at radius 1 is 1.36 bits per heavy atom. The van der Waals surface area contributed by atoms with Gasteiger partial charge in [0, 0.05) is 19.1 Å². The van der Waals surface area contributed by atoms with Gasteiger partial charge in [-0.25, -0.2) is 0 Å². The van der Waals surface area contributed by atoms with E-state index in [1.165, 1.54) is 0 Å². The van der Waals surface area contributed by atoms with E-state index in [4.69, 9.17) is 5.73 Å². The largest absolute Gasteiger partial charge is 0.337 e. The number of likely N-dealkylation sites (tertiary alicyclic amines) is 2. The van der Waals surface area contributed by atoms with Crippen LogP contribution in [0.25, 0.3) is 0 Å². The number of hydrogen-bond acceptors (Lipinski definition) is 3. The minimum Gasteiger partial charge on any atom is -0.337 e. The van der Waals surface area contributed by atoms with Gasteiger partial charge < -0.3 is 15.5 Å². The molecule has 2 atom stereocenters. The molecule has 2 fully saturated rings. The summed E-state index contributed by atoms with van der Waals surface area (Å²) < 4.78 is 0. The number of likely N-dealkylation sites (N-methyl/N-ethyl adjacent to an activating group) is 1. The summed E-state index contributed by atoms with van der Waals surface area (Å²) in [6.07, 6.45) is 3.03. The first kappa shape index (κ1) is 9.93. The normalized spacial score (nSPS) is 35.3. The number of nitrogens with zero attached hydrogens (tertiary/aromatic N) is 2. The summed E-state index contributed by atoms with van der Waals surface area (Å²) in [4.78, 5) is 16.1. The summed E-state index contributed by atoms with van der Waals surface area (Å²) in [5.41, 5.74) is 5.77. The third-order valence-corrected chi connectivity index (χ3v) is 3.32. The zero-order valence-electron chi connectivity index (χ0n) is 8.78. The van der Waals surface area contributed by atoms with Gasteiger partial charge in [-0.3, -0.25) is 4.79 Å². The molecule has 2 N–H and O–H groups in total. The topological polar surface area (TPSA) is 49.6 Å². The van der Waals surface area contributed by atoms with E-state index in [1.54, 1.807) is 0 Å². The van der Waals surface area contributed by atoms with Crippen molar-refractivity contribution in [2.24, 2.45) is 5.73 Å². The fourth-order valence-electron chi connectivity index (χ4n) is 2.46. The summed E-state index contributed by atoms with van der Waals surface area (Å²) in [5, 5.41) is 0. The Morgan fingerprint density at radius 3 is 2.79 bits per heavy atom. The maximum Gasteiger partial charge on any atom is 0.239 e. The van der Waals surface area contributed by atoms with Gasteiger partial charge >= 0.3 is 0 Å². The molecule has 2 heterocycles. The van der Waals surface area contributed by atoms with Gasteiger partial charge in [0.1, 0.15) is 0 Å². The molecule has 2 unspecified atom stereocenters. The first-order valence-corrected chi connectivity index (χ1v) is 5.43. The minimum absolute atomic E-state index is 0.163. The van der Waals surface area contributed by atoms with Crippen LogP contribution < -0.4 is 5.73 Å². The second kappa shape index (κ2) is 3.87. The number of carbonyl (C=O) groups is 1. The second-order valence-corrected chi connectivity index (χ2v) is 4.49. The van der Waals surface area contributed by atoms with Crippen molar-refractivity contribution < 1.29 is 4.79 Å². The van der Waals surface area contributed by atoms with Crippen LogP contribution in [-0.2, 0) is 4.79 Å². The van der Waals surface area contributed by atoms with Crippen LogP contribution in [0.2, 0.25) is 0 Å². The molecule has 0 aromatic carbocycles. The summed E-state index contributed by atoms with van der Waals surface area (Å²) >= 11 is 0. The van der Waals surface area contributed by atoms with Crippen molar-refractivity contribution in [2.75, 3.05) is 26.7 Å². The predicted octanol–water partition coefficient (Wildman–Crippen LogP) is -0.360. The molecule has 14 heavy (non-hydrogen) atoms. The molecule has 0 aromatic rings. The second-order valence-electron chi connectivity index (χ2n) is 4.49. The minimum atomic E-state index is -0.241. The zero-order valence-corrected chi connectivity index (χ0v) is 8.78. The van der Waals surface area contributed by atoms with Gasteiger partial charge in [-0.1, -0.05) is 0 Å². The highest BCUT2D eigenvalue weighted by Crippen LogP contribution is 2.19. The maximum atomic E-state index is 11.8. The number of rotatable bonds is 1.